The molecule has 6 nitrogen and oxygen atoms in total. The van der Waals surface area contributed by atoms with E-state index >= 15 is 0 Å². The topological polar surface area (TPSA) is 71.6 Å². The van der Waals surface area contributed by atoms with Crippen LogP contribution in [-0.2, 0) is 11.3 Å². The molecule has 1 aromatic rings. The van der Waals surface area contributed by atoms with Crippen LogP contribution >= 0.6 is 0 Å². The summed E-state index contributed by atoms with van der Waals surface area (Å²) in [6.45, 7) is 5.39. The van der Waals surface area contributed by atoms with E-state index in [2.05, 4.69) is 10.1 Å². The number of methoxy groups -OCH3 is 1. The third-order valence-corrected chi connectivity index (χ3v) is 2.29. The third-order valence-electron chi connectivity index (χ3n) is 2.29. The van der Waals surface area contributed by atoms with E-state index in [0.717, 1.165) is 0 Å². The Labute approximate surface area is 102 Å². The lowest BCUT2D eigenvalue weighted by Gasteiger charge is -2.17. The van der Waals surface area contributed by atoms with E-state index in [1.165, 1.54) is 0 Å². The first-order valence-corrected chi connectivity index (χ1v) is 5.71. The summed E-state index contributed by atoms with van der Waals surface area (Å²) in [5.41, 5.74) is 0. The van der Waals surface area contributed by atoms with Crippen LogP contribution in [0.4, 0.5) is 0 Å². The van der Waals surface area contributed by atoms with Crippen LogP contribution in [0.2, 0.25) is 0 Å². The highest BCUT2D eigenvalue weighted by molar-refractivity contribution is 4.91. The molecule has 1 N–H and O–H groups in total. The molecule has 6 heteroatoms. The molecule has 98 valence electrons. The van der Waals surface area contributed by atoms with E-state index in [0.29, 0.717) is 31.4 Å². The molecule has 0 aliphatic heterocycles. The minimum atomic E-state index is -0.502. The second-order valence-corrected chi connectivity index (χ2v) is 4.51. The largest absolute Gasteiger partial charge is 0.389 e. The van der Waals surface area contributed by atoms with E-state index in [9.17, 15) is 5.11 Å². The monoisotopic (exact) mass is 243 g/mol. The molecule has 17 heavy (non-hydrogen) atoms. The van der Waals surface area contributed by atoms with Crippen molar-refractivity contribution >= 4 is 0 Å². The average molecular weight is 243 g/mol. The predicted molar refractivity (Wildman–Crippen MR) is 62.6 cm³/mol. The fourth-order valence-corrected chi connectivity index (χ4v) is 1.47. The molecular formula is C11H21N3O3. The van der Waals surface area contributed by atoms with Crippen molar-refractivity contribution < 1.29 is 14.4 Å². The van der Waals surface area contributed by atoms with Crippen LogP contribution in [-0.4, -0.2) is 53.6 Å². The van der Waals surface area contributed by atoms with Gasteiger partial charge < -0.3 is 14.4 Å². The van der Waals surface area contributed by atoms with Gasteiger partial charge in [0, 0.05) is 19.6 Å². The smallest absolute Gasteiger partial charge is 0.240 e. The Bertz CT molecular complexity index is 328. The fraction of sp³-hybridized carbons (Fsp3) is 0.818. The molecule has 0 aliphatic rings. The lowest BCUT2D eigenvalue weighted by atomic mass is 10.2. The first-order chi connectivity index (χ1) is 8.02. The van der Waals surface area contributed by atoms with Gasteiger partial charge in [0.15, 0.2) is 5.82 Å². The molecule has 0 spiro atoms. The van der Waals surface area contributed by atoms with Crippen LogP contribution in [0, 0.1) is 0 Å². The Morgan fingerprint density at radius 1 is 1.47 bits per heavy atom. The maximum Gasteiger partial charge on any atom is 0.240 e. The highest BCUT2D eigenvalue weighted by Crippen LogP contribution is 2.10. The molecule has 0 saturated carbocycles. The van der Waals surface area contributed by atoms with Crippen LogP contribution in [0.1, 0.15) is 31.5 Å². The molecule has 1 aromatic heterocycles. The summed E-state index contributed by atoms with van der Waals surface area (Å²) in [6.07, 6.45) is -0.502. The molecule has 0 bridgehead atoms. The Balaban J connectivity index is 2.41. The molecule has 0 saturated heterocycles. The number of aliphatic hydroxyl groups is 1. The Morgan fingerprint density at radius 2 is 2.18 bits per heavy atom. The lowest BCUT2D eigenvalue weighted by Crippen LogP contribution is -2.31. The maximum atomic E-state index is 9.56. The van der Waals surface area contributed by atoms with Gasteiger partial charge in [-0.05, 0) is 7.05 Å². The molecule has 0 fully saturated rings. The Kier molecular flexibility index (Phi) is 5.54. The quantitative estimate of drug-likeness (QED) is 0.757. The van der Waals surface area contributed by atoms with Crippen LogP contribution in [0.25, 0.3) is 0 Å². The van der Waals surface area contributed by atoms with Gasteiger partial charge in [-0.3, -0.25) is 4.90 Å². The summed E-state index contributed by atoms with van der Waals surface area (Å²) in [4.78, 5) is 6.19. The zero-order valence-electron chi connectivity index (χ0n) is 10.9. The summed E-state index contributed by atoms with van der Waals surface area (Å²) in [7, 11) is 3.45. The standard InChI is InChI=1S/C11H21N3O3/c1-8(2)11-12-10(17-13-11)6-14(3)5-9(15)7-16-4/h8-9,15H,5-7H2,1-4H3. The SMILES string of the molecule is COCC(O)CN(C)Cc1nc(C(C)C)no1. The Morgan fingerprint density at radius 3 is 2.71 bits per heavy atom. The van der Waals surface area contributed by atoms with Gasteiger partial charge in [-0.2, -0.15) is 4.98 Å². The van der Waals surface area contributed by atoms with Gasteiger partial charge in [-0.1, -0.05) is 19.0 Å². The second kappa shape index (κ2) is 6.68. The summed E-state index contributed by atoms with van der Waals surface area (Å²) in [5, 5.41) is 13.4. The number of ether oxygens (including phenoxy) is 1. The maximum absolute atomic E-state index is 9.56. The number of nitrogens with zero attached hydrogens (tertiary/aromatic N) is 3. The number of aromatic nitrogens is 2. The van der Waals surface area contributed by atoms with Crippen molar-refractivity contribution in [1.82, 2.24) is 15.0 Å². The van der Waals surface area contributed by atoms with Gasteiger partial charge in [0.25, 0.3) is 0 Å². The average Bonchev–Trinajstić information content (AvgIpc) is 2.66. The minimum Gasteiger partial charge on any atom is -0.389 e. The first-order valence-electron chi connectivity index (χ1n) is 5.71. The van der Waals surface area contributed by atoms with Crippen LogP contribution in [0.5, 0.6) is 0 Å². The van der Waals surface area contributed by atoms with E-state index in [-0.39, 0.29) is 5.92 Å². The van der Waals surface area contributed by atoms with Crippen molar-refractivity contribution in [3.8, 4) is 0 Å². The molecular weight excluding hydrogens is 222 g/mol. The zero-order valence-corrected chi connectivity index (χ0v) is 10.9. The molecule has 0 aromatic carbocycles. The van der Waals surface area contributed by atoms with Crippen molar-refractivity contribution in [2.24, 2.45) is 0 Å². The predicted octanol–water partition coefficient (Wildman–Crippen LogP) is 0.632. The second-order valence-electron chi connectivity index (χ2n) is 4.51. The summed E-state index contributed by atoms with van der Waals surface area (Å²) >= 11 is 0. The highest BCUT2D eigenvalue weighted by Gasteiger charge is 2.13. The van der Waals surface area contributed by atoms with E-state index in [4.69, 9.17) is 9.26 Å². The van der Waals surface area contributed by atoms with Gasteiger partial charge in [-0.15, -0.1) is 0 Å². The molecule has 1 rings (SSSR count). The van der Waals surface area contributed by atoms with Crippen molar-refractivity contribution in [3.05, 3.63) is 11.7 Å². The van der Waals surface area contributed by atoms with Gasteiger partial charge in [0.1, 0.15) is 0 Å². The number of hydrogen-bond acceptors (Lipinski definition) is 6. The van der Waals surface area contributed by atoms with Gasteiger partial charge >= 0.3 is 0 Å². The Hall–Kier alpha value is -0.980. The zero-order chi connectivity index (χ0) is 12.8. The van der Waals surface area contributed by atoms with Gasteiger partial charge in [0.05, 0.1) is 19.3 Å². The van der Waals surface area contributed by atoms with Gasteiger partial charge in [0.2, 0.25) is 5.89 Å². The van der Waals surface area contributed by atoms with Crippen molar-refractivity contribution in [3.63, 3.8) is 0 Å². The number of hydrogen-bond donors (Lipinski definition) is 1. The number of rotatable bonds is 7. The molecule has 1 unspecified atom stereocenters. The van der Waals surface area contributed by atoms with Crippen molar-refractivity contribution in [2.45, 2.75) is 32.4 Å². The summed E-state index contributed by atoms with van der Waals surface area (Å²) in [6, 6.07) is 0. The summed E-state index contributed by atoms with van der Waals surface area (Å²) in [5.74, 6) is 1.54. The van der Waals surface area contributed by atoms with Crippen LogP contribution < -0.4 is 0 Å². The van der Waals surface area contributed by atoms with E-state index in [1.807, 2.05) is 25.8 Å². The van der Waals surface area contributed by atoms with Gasteiger partial charge in [-0.25, -0.2) is 0 Å². The van der Waals surface area contributed by atoms with E-state index in [1.54, 1.807) is 7.11 Å². The van der Waals surface area contributed by atoms with Crippen LogP contribution in [0.15, 0.2) is 4.52 Å². The molecule has 1 atom stereocenters. The minimum absolute atomic E-state index is 0.261. The molecule has 0 radical (unpaired) electrons. The van der Waals surface area contributed by atoms with Crippen molar-refractivity contribution in [1.29, 1.82) is 0 Å². The van der Waals surface area contributed by atoms with E-state index < -0.39 is 6.10 Å². The lowest BCUT2D eigenvalue weighted by molar-refractivity contribution is 0.0400. The molecule has 0 amide bonds. The third kappa shape index (κ3) is 4.80. The number of likely N-dealkylation sites (N-methyl/N-ethyl adjacent to an activating group) is 1. The summed E-state index contributed by atoms with van der Waals surface area (Å²) < 4.78 is 9.98. The number of aliphatic hydroxyl groups excluding tert-OH is 1. The molecule has 1 heterocycles. The first kappa shape index (κ1) is 14.1. The molecule has 0 aliphatic carbocycles. The fourth-order valence-electron chi connectivity index (χ4n) is 1.47. The van der Waals surface area contributed by atoms with Crippen LogP contribution in [0.3, 0.4) is 0 Å². The van der Waals surface area contributed by atoms with Crippen molar-refractivity contribution in [2.75, 3.05) is 27.3 Å². The highest BCUT2D eigenvalue weighted by atomic mass is 16.5. The normalized spacial score (nSPS) is 13.6.